The van der Waals surface area contributed by atoms with Crippen molar-refractivity contribution in [3.05, 3.63) is 53.2 Å². The van der Waals surface area contributed by atoms with Crippen molar-refractivity contribution in [1.29, 1.82) is 0 Å². The van der Waals surface area contributed by atoms with Crippen LogP contribution < -0.4 is 25.8 Å². The van der Waals surface area contributed by atoms with Crippen molar-refractivity contribution in [1.82, 2.24) is 0 Å². The van der Waals surface area contributed by atoms with Crippen molar-refractivity contribution >= 4 is 22.9 Å². The largest absolute Gasteiger partial charge is 0.493 e. The van der Waals surface area contributed by atoms with Gasteiger partial charge in [-0.05, 0) is 48.9 Å². The first-order valence-corrected chi connectivity index (χ1v) is 11.5. The Hall–Kier alpha value is -2.99. The number of rotatable bonds is 7. The topological polar surface area (TPSA) is 85.6 Å². The Morgan fingerprint density at radius 2 is 1.75 bits per heavy atom. The highest BCUT2D eigenvalue weighted by molar-refractivity contribution is 6.32. The lowest BCUT2D eigenvalue weighted by Crippen LogP contribution is -2.23. The molecule has 170 valence electrons. The number of nitrogens with two attached hydrogens (primary N) is 1. The van der Waals surface area contributed by atoms with Gasteiger partial charge in [0.2, 0.25) is 0 Å². The first kappa shape index (κ1) is 22.2. The average Bonchev–Trinajstić information content (AvgIpc) is 3.16. The molecule has 0 saturated heterocycles. The van der Waals surface area contributed by atoms with Crippen LogP contribution in [0.1, 0.15) is 62.6 Å². The van der Waals surface area contributed by atoms with Crippen molar-refractivity contribution < 1.29 is 14.3 Å². The zero-order chi connectivity index (χ0) is 22.7. The van der Waals surface area contributed by atoms with Gasteiger partial charge in [-0.3, -0.25) is 4.79 Å². The molecule has 32 heavy (non-hydrogen) atoms. The number of hydrogen-bond acceptors (Lipinski definition) is 5. The van der Waals surface area contributed by atoms with Crippen molar-refractivity contribution in [3.8, 4) is 11.5 Å². The molecule has 0 spiro atoms. The lowest BCUT2D eigenvalue weighted by Gasteiger charge is -2.28. The molecule has 2 aromatic carbocycles. The highest BCUT2D eigenvalue weighted by Gasteiger charge is 2.29. The van der Waals surface area contributed by atoms with E-state index in [2.05, 4.69) is 34.9 Å². The maximum atomic E-state index is 12.8. The lowest BCUT2D eigenvalue weighted by atomic mass is 9.81. The first-order chi connectivity index (χ1) is 15.5. The number of anilines is 2. The Balaban J connectivity index is 1.59. The Labute approximate surface area is 190 Å². The van der Waals surface area contributed by atoms with E-state index in [0.717, 1.165) is 22.6 Å². The number of methoxy groups -OCH3 is 2. The van der Waals surface area contributed by atoms with Crippen molar-refractivity contribution in [2.45, 2.75) is 51.5 Å². The minimum Gasteiger partial charge on any atom is -0.493 e. The summed E-state index contributed by atoms with van der Waals surface area (Å²) in [6, 6.07) is 12.1. The number of hydrogen-bond donors (Lipinski definition) is 3. The molecule has 4 rings (SSSR count). The fourth-order valence-corrected chi connectivity index (χ4v) is 4.85. The van der Waals surface area contributed by atoms with Crippen LogP contribution in [-0.4, -0.2) is 20.1 Å². The molecule has 1 saturated carbocycles. The Morgan fingerprint density at radius 3 is 2.38 bits per heavy atom. The van der Waals surface area contributed by atoms with Gasteiger partial charge in [0.15, 0.2) is 11.5 Å². The summed E-state index contributed by atoms with van der Waals surface area (Å²) in [4.78, 5) is 12.8. The predicted molar refractivity (Wildman–Crippen MR) is 129 cm³/mol. The van der Waals surface area contributed by atoms with Gasteiger partial charge in [0.1, 0.15) is 0 Å². The predicted octanol–water partition coefficient (Wildman–Crippen LogP) is 5.47. The zero-order valence-electron chi connectivity index (χ0n) is 19.2. The van der Waals surface area contributed by atoms with Gasteiger partial charge in [-0.2, -0.15) is 0 Å². The SMILES string of the molecule is CC/C(Nc1ccc(C(N)C2CCCCC2)cc1)=C1/C(=O)Nc2cc(OC)c(OC)cc21. The second-order valence-corrected chi connectivity index (χ2v) is 8.58. The van der Waals surface area contributed by atoms with E-state index < -0.39 is 0 Å². The second kappa shape index (κ2) is 9.65. The van der Waals surface area contributed by atoms with E-state index in [-0.39, 0.29) is 11.9 Å². The zero-order valence-corrected chi connectivity index (χ0v) is 19.2. The Morgan fingerprint density at radius 1 is 1.09 bits per heavy atom. The van der Waals surface area contributed by atoms with E-state index >= 15 is 0 Å². The van der Waals surface area contributed by atoms with Crippen LogP contribution in [0.3, 0.4) is 0 Å². The third-order valence-corrected chi connectivity index (χ3v) is 6.67. The van der Waals surface area contributed by atoms with Crippen LogP contribution >= 0.6 is 0 Å². The van der Waals surface area contributed by atoms with Crippen molar-refractivity contribution in [3.63, 3.8) is 0 Å². The summed E-state index contributed by atoms with van der Waals surface area (Å²) in [7, 11) is 3.18. The average molecular weight is 436 g/mol. The molecule has 0 radical (unpaired) electrons. The van der Waals surface area contributed by atoms with E-state index in [1.165, 1.54) is 37.7 Å². The molecule has 2 aromatic rings. The fourth-order valence-electron chi connectivity index (χ4n) is 4.85. The highest BCUT2D eigenvalue weighted by atomic mass is 16.5. The number of carbonyl (C=O) groups is 1. The van der Waals surface area contributed by atoms with E-state index in [1.54, 1.807) is 20.3 Å². The quantitative estimate of drug-likeness (QED) is 0.502. The minimum atomic E-state index is -0.129. The molecule has 6 nitrogen and oxygen atoms in total. The molecule has 1 aliphatic heterocycles. The molecule has 1 fully saturated rings. The van der Waals surface area contributed by atoms with E-state index in [9.17, 15) is 4.79 Å². The van der Waals surface area contributed by atoms with Gasteiger partial charge in [0, 0.05) is 29.1 Å². The monoisotopic (exact) mass is 435 g/mol. The van der Waals surface area contributed by atoms with Gasteiger partial charge in [0.05, 0.1) is 25.5 Å². The van der Waals surface area contributed by atoms with E-state index in [1.807, 2.05) is 13.0 Å². The number of fused-ring (bicyclic) bond motifs is 1. The summed E-state index contributed by atoms with van der Waals surface area (Å²) in [5.41, 5.74) is 11.7. The fraction of sp³-hybridized carbons (Fsp3) is 0.423. The molecule has 6 heteroatoms. The summed E-state index contributed by atoms with van der Waals surface area (Å²) in [6.07, 6.45) is 7.01. The van der Waals surface area contributed by atoms with Crippen LogP contribution in [0.5, 0.6) is 11.5 Å². The molecular weight excluding hydrogens is 402 g/mol. The maximum Gasteiger partial charge on any atom is 0.258 e. The Bertz CT molecular complexity index is 1010. The molecule has 4 N–H and O–H groups in total. The smallest absolute Gasteiger partial charge is 0.258 e. The molecule has 2 aliphatic rings. The molecule has 0 aromatic heterocycles. The standard InChI is InChI=1S/C26H33N3O3/c1-4-20(24-19-14-22(31-2)23(32-3)15-21(19)29-26(24)30)28-18-12-10-17(11-13-18)25(27)16-8-6-5-7-9-16/h10-16,25,28H,4-9,27H2,1-3H3,(H,29,30)/b24-20-. The van der Waals surface area contributed by atoms with Crippen molar-refractivity contribution in [2.75, 3.05) is 24.9 Å². The van der Waals surface area contributed by atoms with Crippen molar-refractivity contribution in [2.24, 2.45) is 11.7 Å². The van der Waals surface area contributed by atoms with Crippen LogP contribution in [-0.2, 0) is 4.79 Å². The maximum absolute atomic E-state index is 12.8. The summed E-state index contributed by atoms with van der Waals surface area (Å²) in [6.45, 7) is 2.04. The summed E-state index contributed by atoms with van der Waals surface area (Å²) in [5.74, 6) is 1.62. The molecule has 1 unspecified atom stereocenters. The summed E-state index contributed by atoms with van der Waals surface area (Å²) < 4.78 is 10.8. The van der Waals surface area contributed by atoms with Gasteiger partial charge in [-0.1, -0.05) is 38.3 Å². The number of carbonyl (C=O) groups excluding carboxylic acids is 1. The van der Waals surface area contributed by atoms with Crippen LogP contribution in [0.15, 0.2) is 42.1 Å². The molecule has 1 atom stereocenters. The molecule has 0 bridgehead atoms. The minimum absolute atomic E-state index is 0.0864. The molecular formula is C26H33N3O3. The van der Waals surface area contributed by atoms with E-state index in [4.69, 9.17) is 15.2 Å². The van der Waals surface area contributed by atoms with Gasteiger partial charge >= 0.3 is 0 Å². The summed E-state index contributed by atoms with van der Waals surface area (Å²) >= 11 is 0. The third-order valence-electron chi connectivity index (χ3n) is 6.67. The number of nitrogens with one attached hydrogen (secondary N) is 2. The van der Waals surface area contributed by atoms with Gasteiger partial charge < -0.3 is 25.8 Å². The van der Waals surface area contributed by atoms with Gasteiger partial charge in [0.25, 0.3) is 5.91 Å². The summed E-state index contributed by atoms with van der Waals surface area (Å²) in [5, 5.41) is 6.41. The second-order valence-electron chi connectivity index (χ2n) is 8.58. The normalized spacial score (nSPS) is 18.6. The lowest BCUT2D eigenvalue weighted by molar-refractivity contribution is -0.110. The molecule has 1 heterocycles. The number of ether oxygens (including phenoxy) is 2. The van der Waals surface area contributed by atoms with Gasteiger partial charge in [-0.25, -0.2) is 0 Å². The Kier molecular flexibility index (Phi) is 6.70. The number of benzene rings is 2. The van der Waals surface area contributed by atoms with Crippen LogP contribution in [0, 0.1) is 5.92 Å². The van der Waals surface area contributed by atoms with Gasteiger partial charge in [-0.15, -0.1) is 0 Å². The van der Waals surface area contributed by atoms with Crippen LogP contribution in [0.25, 0.3) is 5.57 Å². The third kappa shape index (κ3) is 4.32. The first-order valence-electron chi connectivity index (χ1n) is 11.5. The van der Waals surface area contributed by atoms with Crippen LogP contribution in [0.4, 0.5) is 11.4 Å². The highest BCUT2D eigenvalue weighted by Crippen LogP contribution is 2.42. The molecule has 1 amide bonds. The molecule has 1 aliphatic carbocycles. The number of allylic oxidation sites excluding steroid dienone is 1. The van der Waals surface area contributed by atoms with E-state index in [0.29, 0.717) is 29.4 Å². The van der Waals surface area contributed by atoms with Crippen LogP contribution in [0.2, 0.25) is 0 Å². The number of amides is 1.